The van der Waals surface area contributed by atoms with Gasteiger partial charge < -0.3 is 9.64 Å². The molecule has 0 aromatic carbocycles. The Hall–Kier alpha value is -0.780. The monoisotopic (exact) mass is 249 g/mol. The summed E-state index contributed by atoms with van der Waals surface area (Å²) in [5.74, 6) is 0.193. The standard InChI is InChI=1S/C10H19NO4S/c1-10(2,3)15-9(12)11-5-4-7-16(13,14)8-6-11/h4-8H2,1-3H3. The molecular formula is C10H19NO4S. The molecule has 0 unspecified atom stereocenters. The van der Waals surface area contributed by atoms with Gasteiger partial charge in [-0.15, -0.1) is 0 Å². The summed E-state index contributed by atoms with van der Waals surface area (Å²) in [5, 5.41) is 0. The predicted octanol–water partition coefficient (Wildman–Crippen LogP) is 1.04. The van der Waals surface area contributed by atoms with E-state index in [1.54, 1.807) is 20.8 Å². The van der Waals surface area contributed by atoms with Crippen molar-refractivity contribution in [3.05, 3.63) is 0 Å². The van der Waals surface area contributed by atoms with Gasteiger partial charge in [0.1, 0.15) is 5.60 Å². The summed E-state index contributed by atoms with van der Waals surface area (Å²) < 4.78 is 27.9. The van der Waals surface area contributed by atoms with Crippen molar-refractivity contribution in [2.45, 2.75) is 32.8 Å². The van der Waals surface area contributed by atoms with Crippen molar-refractivity contribution in [1.29, 1.82) is 0 Å². The molecule has 0 atom stereocenters. The molecule has 0 N–H and O–H groups in total. The average Bonchev–Trinajstić information content (AvgIpc) is 2.23. The maximum absolute atomic E-state index is 11.7. The van der Waals surface area contributed by atoms with Gasteiger partial charge in [0.25, 0.3) is 0 Å². The van der Waals surface area contributed by atoms with Crippen LogP contribution in [0.15, 0.2) is 0 Å². The van der Waals surface area contributed by atoms with E-state index in [4.69, 9.17) is 4.74 Å². The van der Waals surface area contributed by atoms with Gasteiger partial charge in [0.2, 0.25) is 0 Å². The summed E-state index contributed by atoms with van der Waals surface area (Å²) in [7, 11) is -2.98. The third-order valence-electron chi connectivity index (χ3n) is 2.21. The minimum atomic E-state index is -2.98. The first-order chi connectivity index (χ1) is 7.20. The summed E-state index contributed by atoms with van der Waals surface area (Å²) >= 11 is 0. The second kappa shape index (κ2) is 4.61. The van der Waals surface area contributed by atoms with E-state index in [0.717, 1.165) is 0 Å². The van der Waals surface area contributed by atoms with Gasteiger partial charge in [0, 0.05) is 13.1 Å². The number of hydrogen-bond acceptors (Lipinski definition) is 4. The second-order valence-electron chi connectivity index (χ2n) is 4.97. The molecule has 6 heteroatoms. The van der Waals surface area contributed by atoms with Crippen LogP contribution in [0, 0.1) is 0 Å². The normalized spacial score (nSPS) is 21.3. The van der Waals surface area contributed by atoms with Crippen molar-refractivity contribution >= 4 is 15.9 Å². The lowest BCUT2D eigenvalue weighted by Crippen LogP contribution is -2.38. The van der Waals surface area contributed by atoms with Crippen LogP contribution in [0.2, 0.25) is 0 Å². The average molecular weight is 249 g/mol. The quantitative estimate of drug-likeness (QED) is 0.643. The Balaban J connectivity index is 2.58. The summed E-state index contributed by atoms with van der Waals surface area (Å²) in [5.41, 5.74) is -0.539. The smallest absolute Gasteiger partial charge is 0.410 e. The van der Waals surface area contributed by atoms with Crippen molar-refractivity contribution in [1.82, 2.24) is 4.90 Å². The highest BCUT2D eigenvalue weighted by atomic mass is 32.2. The van der Waals surface area contributed by atoms with Crippen LogP contribution in [0.5, 0.6) is 0 Å². The molecule has 1 rings (SSSR count). The molecule has 1 heterocycles. The van der Waals surface area contributed by atoms with Gasteiger partial charge in [-0.25, -0.2) is 13.2 Å². The Bertz CT molecular complexity index is 356. The molecule has 5 nitrogen and oxygen atoms in total. The van der Waals surface area contributed by atoms with Crippen molar-refractivity contribution < 1.29 is 17.9 Å². The SMILES string of the molecule is CC(C)(C)OC(=O)N1CCCS(=O)(=O)CC1. The topological polar surface area (TPSA) is 63.7 Å². The van der Waals surface area contributed by atoms with E-state index in [1.165, 1.54) is 4.90 Å². The first-order valence-electron chi connectivity index (χ1n) is 5.38. The molecule has 1 aliphatic heterocycles. The van der Waals surface area contributed by atoms with E-state index in [9.17, 15) is 13.2 Å². The molecule has 1 aliphatic rings. The fourth-order valence-corrected chi connectivity index (χ4v) is 2.72. The molecule has 1 saturated heterocycles. The van der Waals surface area contributed by atoms with Crippen molar-refractivity contribution in [2.24, 2.45) is 0 Å². The van der Waals surface area contributed by atoms with Gasteiger partial charge in [-0.3, -0.25) is 0 Å². The van der Waals surface area contributed by atoms with E-state index >= 15 is 0 Å². The van der Waals surface area contributed by atoms with Crippen molar-refractivity contribution in [3.8, 4) is 0 Å². The van der Waals surface area contributed by atoms with Gasteiger partial charge in [-0.05, 0) is 27.2 Å². The van der Waals surface area contributed by atoms with E-state index in [2.05, 4.69) is 0 Å². The molecule has 1 amide bonds. The van der Waals surface area contributed by atoms with Crippen LogP contribution in [0.25, 0.3) is 0 Å². The van der Waals surface area contributed by atoms with E-state index in [-0.39, 0.29) is 18.1 Å². The number of rotatable bonds is 0. The summed E-state index contributed by atoms with van der Waals surface area (Å²) in [4.78, 5) is 13.2. The van der Waals surface area contributed by atoms with Crippen LogP contribution >= 0.6 is 0 Å². The van der Waals surface area contributed by atoms with Crippen LogP contribution in [0.4, 0.5) is 4.79 Å². The lowest BCUT2D eigenvalue weighted by Gasteiger charge is -2.25. The van der Waals surface area contributed by atoms with Crippen LogP contribution < -0.4 is 0 Å². The summed E-state index contributed by atoms with van der Waals surface area (Å²) in [6.45, 7) is 6.06. The third kappa shape index (κ3) is 4.38. The van der Waals surface area contributed by atoms with E-state index in [1.807, 2.05) is 0 Å². The molecule has 0 spiro atoms. The number of sulfone groups is 1. The zero-order valence-corrected chi connectivity index (χ0v) is 10.8. The minimum Gasteiger partial charge on any atom is -0.444 e. The molecular weight excluding hydrogens is 230 g/mol. The Labute approximate surface area is 96.7 Å². The molecule has 1 fully saturated rings. The van der Waals surface area contributed by atoms with Crippen LogP contribution in [-0.4, -0.2) is 49.6 Å². The van der Waals surface area contributed by atoms with Gasteiger partial charge in [-0.1, -0.05) is 0 Å². The largest absolute Gasteiger partial charge is 0.444 e. The number of nitrogens with zero attached hydrogens (tertiary/aromatic N) is 1. The maximum Gasteiger partial charge on any atom is 0.410 e. The third-order valence-corrected chi connectivity index (χ3v) is 3.92. The molecule has 16 heavy (non-hydrogen) atoms. The van der Waals surface area contributed by atoms with Crippen molar-refractivity contribution in [3.63, 3.8) is 0 Å². The summed E-state index contributed by atoms with van der Waals surface area (Å²) in [6.07, 6.45) is 0.0614. The zero-order valence-electron chi connectivity index (χ0n) is 10.0. The maximum atomic E-state index is 11.7. The first-order valence-corrected chi connectivity index (χ1v) is 7.20. The van der Waals surface area contributed by atoms with Crippen LogP contribution in [0.3, 0.4) is 0 Å². The number of hydrogen-bond donors (Lipinski definition) is 0. The lowest BCUT2D eigenvalue weighted by molar-refractivity contribution is 0.0265. The molecule has 0 aromatic heterocycles. The highest BCUT2D eigenvalue weighted by Gasteiger charge is 2.26. The highest BCUT2D eigenvalue weighted by molar-refractivity contribution is 7.91. The van der Waals surface area contributed by atoms with Gasteiger partial charge in [0.15, 0.2) is 9.84 Å². The van der Waals surface area contributed by atoms with Crippen LogP contribution in [0.1, 0.15) is 27.2 Å². The van der Waals surface area contributed by atoms with E-state index < -0.39 is 21.5 Å². The number of amides is 1. The fraction of sp³-hybridized carbons (Fsp3) is 0.900. The molecule has 94 valence electrons. The lowest BCUT2D eigenvalue weighted by atomic mass is 10.2. The minimum absolute atomic E-state index is 0.0340. The Morgan fingerprint density at radius 2 is 1.81 bits per heavy atom. The predicted molar refractivity (Wildman–Crippen MR) is 61.1 cm³/mol. The number of carbonyl (C=O) groups excluding carboxylic acids is 1. The summed E-state index contributed by atoms with van der Waals surface area (Å²) in [6, 6.07) is 0. The molecule has 0 aromatic rings. The Morgan fingerprint density at radius 1 is 1.19 bits per heavy atom. The zero-order chi connectivity index (χ0) is 12.4. The fourth-order valence-electron chi connectivity index (χ4n) is 1.45. The second-order valence-corrected chi connectivity index (χ2v) is 7.28. The van der Waals surface area contributed by atoms with E-state index in [0.29, 0.717) is 13.0 Å². The first kappa shape index (κ1) is 13.3. The van der Waals surface area contributed by atoms with Gasteiger partial charge in [-0.2, -0.15) is 0 Å². The van der Waals surface area contributed by atoms with Gasteiger partial charge in [0.05, 0.1) is 11.5 Å². The molecule has 0 radical (unpaired) electrons. The highest BCUT2D eigenvalue weighted by Crippen LogP contribution is 2.12. The van der Waals surface area contributed by atoms with Crippen LogP contribution in [-0.2, 0) is 14.6 Å². The Kier molecular flexibility index (Phi) is 3.83. The Morgan fingerprint density at radius 3 is 2.38 bits per heavy atom. The molecule has 0 saturated carbocycles. The van der Waals surface area contributed by atoms with Gasteiger partial charge >= 0.3 is 6.09 Å². The number of ether oxygens (including phenoxy) is 1. The molecule has 0 bridgehead atoms. The van der Waals surface area contributed by atoms with Crippen molar-refractivity contribution in [2.75, 3.05) is 24.6 Å². The number of carbonyl (C=O) groups is 1. The molecule has 0 aliphatic carbocycles.